The van der Waals surface area contributed by atoms with E-state index in [2.05, 4.69) is 15.5 Å². The lowest BCUT2D eigenvalue weighted by atomic mass is 10.2. The first kappa shape index (κ1) is 12.3. The van der Waals surface area contributed by atoms with Crippen LogP contribution in [0.15, 0.2) is 36.4 Å². The fourth-order valence-corrected chi connectivity index (χ4v) is 1.44. The third-order valence-electron chi connectivity index (χ3n) is 2.25. The lowest BCUT2D eigenvalue weighted by Gasteiger charge is -2.04. The summed E-state index contributed by atoms with van der Waals surface area (Å²) in [6.07, 6.45) is 0. The van der Waals surface area contributed by atoms with Gasteiger partial charge in [0.05, 0.1) is 4.92 Å². The van der Waals surface area contributed by atoms with Crippen molar-refractivity contribution in [2.45, 2.75) is 6.54 Å². The van der Waals surface area contributed by atoms with E-state index in [-0.39, 0.29) is 5.69 Å². The number of aromatic nitrogens is 2. The average molecular weight is 265 g/mol. The maximum atomic E-state index is 10.5. The molecule has 6 nitrogen and oxygen atoms in total. The van der Waals surface area contributed by atoms with Gasteiger partial charge < -0.3 is 5.32 Å². The predicted molar refractivity (Wildman–Crippen MR) is 67.5 cm³/mol. The van der Waals surface area contributed by atoms with Crippen LogP contribution in [0.25, 0.3) is 0 Å². The largest absolute Gasteiger partial charge is 0.365 e. The first-order chi connectivity index (χ1) is 8.65. The molecule has 0 saturated carbocycles. The minimum Gasteiger partial charge on any atom is -0.365 e. The molecule has 1 aromatic carbocycles. The Bertz CT molecular complexity index is 542. The van der Waals surface area contributed by atoms with Crippen molar-refractivity contribution in [3.63, 3.8) is 0 Å². The van der Waals surface area contributed by atoms with Crippen LogP contribution in [-0.4, -0.2) is 15.1 Å². The summed E-state index contributed by atoms with van der Waals surface area (Å²) < 4.78 is 0. The Hall–Kier alpha value is -2.21. The Morgan fingerprint density at radius 3 is 2.44 bits per heavy atom. The van der Waals surface area contributed by atoms with Crippen LogP contribution in [0.2, 0.25) is 5.15 Å². The second-order valence-electron chi connectivity index (χ2n) is 3.52. The van der Waals surface area contributed by atoms with E-state index in [0.29, 0.717) is 17.5 Å². The number of benzene rings is 1. The number of hydrogen-bond donors (Lipinski definition) is 1. The molecule has 0 fully saturated rings. The van der Waals surface area contributed by atoms with Crippen molar-refractivity contribution < 1.29 is 4.92 Å². The molecule has 92 valence electrons. The SMILES string of the molecule is O=[N+]([O-])c1ccc(CNc2ccc(Cl)nn2)cc1. The first-order valence-electron chi connectivity index (χ1n) is 5.11. The molecular weight excluding hydrogens is 256 g/mol. The molecule has 2 rings (SSSR count). The normalized spacial score (nSPS) is 10.1. The minimum atomic E-state index is -0.429. The second kappa shape index (κ2) is 5.42. The third-order valence-corrected chi connectivity index (χ3v) is 2.45. The molecule has 0 amide bonds. The molecule has 0 saturated heterocycles. The van der Waals surface area contributed by atoms with Gasteiger partial charge in [0.15, 0.2) is 5.15 Å². The summed E-state index contributed by atoms with van der Waals surface area (Å²) in [4.78, 5) is 10.1. The van der Waals surface area contributed by atoms with E-state index in [1.807, 2.05) is 0 Å². The zero-order valence-corrected chi connectivity index (χ0v) is 9.96. The standard InChI is InChI=1S/C11H9ClN4O2/c12-10-5-6-11(15-14-10)13-7-8-1-3-9(4-2-8)16(17)18/h1-6H,7H2,(H,13,15). The Morgan fingerprint density at radius 2 is 1.89 bits per heavy atom. The van der Waals surface area contributed by atoms with Crippen molar-refractivity contribution in [2.24, 2.45) is 0 Å². The van der Waals surface area contributed by atoms with Gasteiger partial charge in [0.1, 0.15) is 5.82 Å². The van der Waals surface area contributed by atoms with E-state index in [1.165, 1.54) is 12.1 Å². The number of rotatable bonds is 4. The number of nitro groups is 1. The van der Waals surface area contributed by atoms with Gasteiger partial charge in [-0.2, -0.15) is 0 Å². The number of non-ortho nitro benzene ring substituents is 1. The zero-order valence-electron chi connectivity index (χ0n) is 9.21. The lowest BCUT2D eigenvalue weighted by molar-refractivity contribution is -0.384. The monoisotopic (exact) mass is 264 g/mol. The number of halogens is 1. The van der Waals surface area contributed by atoms with Crippen LogP contribution in [0.1, 0.15) is 5.56 Å². The minimum absolute atomic E-state index is 0.0741. The van der Waals surface area contributed by atoms with Crippen LogP contribution < -0.4 is 5.32 Å². The summed E-state index contributed by atoms with van der Waals surface area (Å²) in [5.41, 5.74) is 0.988. The fraction of sp³-hybridized carbons (Fsp3) is 0.0909. The van der Waals surface area contributed by atoms with Crippen LogP contribution >= 0.6 is 11.6 Å². The van der Waals surface area contributed by atoms with E-state index >= 15 is 0 Å². The molecule has 0 bridgehead atoms. The quantitative estimate of drug-likeness (QED) is 0.678. The summed E-state index contributed by atoms with van der Waals surface area (Å²) in [6, 6.07) is 9.64. The molecule has 1 heterocycles. The molecule has 18 heavy (non-hydrogen) atoms. The molecule has 2 aromatic rings. The summed E-state index contributed by atoms with van der Waals surface area (Å²) in [7, 11) is 0. The van der Waals surface area contributed by atoms with Gasteiger partial charge in [-0.15, -0.1) is 10.2 Å². The molecule has 0 aliphatic carbocycles. The van der Waals surface area contributed by atoms with Crippen LogP contribution in [0.5, 0.6) is 0 Å². The van der Waals surface area contributed by atoms with Crippen LogP contribution in [-0.2, 0) is 6.54 Å². The number of nitrogens with one attached hydrogen (secondary N) is 1. The Balaban J connectivity index is 1.97. The van der Waals surface area contributed by atoms with E-state index in [4.69, 9.17) is 11.6 Å². The number of hydrogen-bond acceptors (Lipinski definition) is 5. The van der Waals surface area contributed by atoms with Gasteiger partial charge in [0.25, 0.3) is 5.69 Å². The second-order valence-corrected chi connectivity index (χ2v) is 3.91. The first-order valence-corrected chi connectivity index (χ1v) is 5.49. The fourth-order valence-electron chi connectivity index (χ4n) is 1.34. The van der Waals surface area contributed by atoms with E-state index < -0.39 is 4.92 Å². The molecule has 0 radical (unpaired) electrons. The summed E-state index contributed by atoms with van der Waals surface area (Å²) in [5, 5.41) is 21.4. The molecule has 0 spiro atoms. The smallest absolute Gasteiger partial charge is 0.269 e. The molecule has 7 heteroatoms. The summed E-state index contributed by atoms with van der Waals surface area (Å²) in [5.74, 6) is 0.595. The van der Waals surface area contributed by atoms with Crippen molar-refractivity contribution in [3.8, 4) is 0 Å². The van der Waals surface area contributed by atoms with Gasteiger partial charge in [0, 0.05) is 18.7 Å². The molecule has 0 atom stereocenters. The maximum Gasteiger partial charge on any atom is 0.269 e. The highest BCUT2D eigenvalue weighted by Crippen LogP contribution is 2.13. The highest BCUT2D eigenvalue weighted by molar-refractivity contribution is 6.29. The predicted octanol–water partition coefficient (Wildman–Crippen LogP) is 2.65. The van der Waals surface area contributed by atoms with Gasteiger partial charge >= 0.3 is 0 Å². The lowest BCUT2D eigenvalue weighted by Crippen LogP contribution is -2.02. The third kappa shape index (κ3) is 3.14. The van der Waals surface area contributed by atoms with Crippen molar-refractivity contribution in [2.75, 3.05) is 5.32 Å². The van der Waals surface area contributed by atoms with E-state index in [0.717, 1.165) is 5.56 Å². The van der Waals surface area contributed by atoms with Gasteiger partial charge in [-0.3, -0.25) is 10.1 Å². The number of nitro benzene ring substituents is 1. The van der Waals surface area contributed by atoms with Crippen molar-refractivity contribution >= 4 is 23.1 Å². The molecule has 1 aromatic heterocycles. The van der Waals surface area contributed by atoms with E-state index in [9.17, 15) is 10.1 Å². The van der Waals surface area contributed by atoms with Crippen LogP contribution in [0.4, 0.5) is 11.5 Å². The van der Waals surface area contributed by atoms with Crippen LogP contribution in [0, 0.1) is 10.1 Å². The zero-order chi connectivity index (χ0) is 13.0. The van der Waals surface area contributed by atoms with Gasteiger partial charge in [-0.25, -0.2) is 0 Å². The Labute approximate surface area is 108 Å². The van der Waals surface area contributed by atoms with Crippen LogP contribution in [0.3, 0.4) is 0 Å². The Kier molecular flexibility index (Phi) is 3.69. The number of anilines is 1. The molecule has 1 N–H and O–H groups in total. The molecule has 0 aliphatic heterocycles. The topological polar surface area (TPSA) is 81.0 Å². The summed E-state index contributed by atoms with van der Waals surface area (Å²) in [6.45, 7) is 0.508. The van der Waals surface area contributed by atoms with Crippen molar-refractivity contribution in [1.82, 2.24) is 10.2 Å². The summed E-state index contributed by atoms with van der Waals surface area (Å²) >= 11 is 5.61. The highest BCUT2D eigenvalue weighted by Gasteiger charge is 2.03. The molecular formula is C11H9ClN4O2. The number of nitrogens with zero attached hydrogens (tertiary/aromatic N) is 3. The van der Waals surface area contributed by atoms with Crippen molar-refractivity contribution in [3.05, 3.63) is 57.2 Å². The average Bonchev–Trinajstić information content (AvgIpc) is 2.38. The highest BCUT2D eigenvalue weighted by atomic mass is 35.5. The van der Waals surface area contributed by atoms with Gasteiger partial charge in [-0.05, 0) is 17.7 Å². The van der Waals surface area contributed by atoms with Crippen molar-refractivity contribution in [1.29, 1.82) is 0 Å². The van der Waals surface area contributed by atoms with Gasteiger partial charge in [0.2, 0.25) is 0 Å². The van der Waals surface area contributed by atoms with E-state index in [1.54, 1.807) is 24.3 Å². The molecule has 0 unspecified atom stereocenters. The molecule has 0 aliphatic rings. The van der Waals surface area contributed by atoms with Gasteiger partial charge in [-0.1, -0.05) is 23.7 Å². The maximum absolute atomic E-state index is 10.5. The Morgan fingerprint density at radius 1 is 1.17 bits per heavy atom.